The van der Waals surface area contributed by atoms with Gasteiger partial charge in [-0.05, 0) is 77.0 Å². The summed E-state index contributed by atoms with van der Waals surface area (Å²) < 4.78 is 33.6. The van der Waals surface area contributed by atoms with Gasteiger partial charge in [-0.3, -0.25) is 9.59 Å². The molecule has 2 fully saturated rings. The average molecular weight is 1110 g/mol. The first-order chi connectivity index (χ1) is 38.0. The maximum Gasteiger partial charge on any atom is 0.306 e. The zero-order chi connectivity index (χ0) is 56.7. The molecule has 0 aliphatic carbocycles. The number of aliphatic hydroxyl groups is 7. The summed E-state index contributed by atoms with van der Waals surface area (Å²) in [4.78, 5) is 25.9. The molecule has 4 unspecified atom stereocenters. The molecule has 15 nitrogen and oxygen atoms in total. The van der Waals surface area contributed by atoms with E-state index in [0.717, 1.165) is 70.6 Å². The predicted octanol–water partition coefficient (Wildman–Crippen LogP) is 10.9. The van der Waals surface area contributed by atoms with Crippen LogP contribution in [0.5, 0.6) is 0 Å². The van der Waals surface area contributed by atoms with Gasteiger partial charge in [0.1, 0.15) is 55.4 Å². The van der Waals surface area contributed by atoms with E-state index in [2.05, 4.69) is 86.8 Å². The van der Waals surface area contributed by atoms with Crippen molar-refractivity contribution in [1.82, 2.24) is 0 Å². The molecule has 2 aliphatic heterocycles. The molecule has 0 spiro atoms. The van der Waals surface area contributed by atoms with E-state index in [4.69, 9.17) is 28.4 Å². The summed E-state index contributed by atoms with van der Waals surface area (Å²) >= 11 is 0. The highest BCUT2D eigenvalue weighted by Gasteiger charge is 2.47. The number of ether oxygens (including phenoxy) is 6. The first kappa shape index (κ1) is 71.0. The third-order valence-corrected chi connectivity index (χ3v) is 14.2. The number of aliphatic hydroxyl groups excluding tert-OH is 7. The summed E-state index contributed by atoms with van der Waals surface area (Å²) in [5, 5.41) is 72.3. The lowest BCUT2D eigenvalue weighted by molar-refractivity contribution is -0.332. The smallest absolute Gasteiger partial charge is 0.306 e. The molecule has 2 aliphatic rings. The Kier molecular flexibility index (Phi) is 44.3. The van der Waals surface area contributed by atoms with Gasteiger partial charge >= 0.3 is 11.9 Å². The van der Waals surface area contributed by atoms with Crippen molar-refractivity contribution >= 4 is 11.9 Å². The molecule has 2 heterocycles. The van der Waals surface area contributed by atoms with E-state index in [1.807, 2.05) is 0 Å². The van der Waals surface area contributed by atoms with Crippen LogP contribution in [0.1, 0.15) is 219 Å². The molecule has 11 atom stereocenters. The van der Waals surface area contributed by atoms with Crippen molar-refractivity contribution in [3.8, 4) is 0 Å². The van der Waals surface area contributed by atoms with E-state index < -0.39 is 99.3 Å². The lowest BCUT2D eigenvalue weighted by atomic mass is 9.98. The van der Waals surface area contributed by atoms with Crippen molar-refractivity contribution in [2.24, 2.45) is 0 Å². The summed E-state index contributed by atoms with van der Waals surface area (Å²) in [6, 6.07) is 0. The topological polar surface area (TPSA) is 231 Å². The number of esters is 2. The Hall–Kier alpha value is -3.06. The molecule has 2 saturated heterocycles. The van der Waals surface area contributed by atoms with Crippen molar-refractivity contribution in [2.75, 3.05) is 26.4 Å². The Morgan fingerprint density at radius 1 is 0.423 bits per heavy atom. The number of hydrogen-bond acceptors (Lipinski definition) is 15. The largest absolute Gasteiger partial charge is 0.462 e. The van der Waals surface area contributed by atoms with Crippen LogP contribution in [0.4, 0.5) is 0 Å². The zero-order valence-electron chi connectivity index (χ0n) is 48.1. The molecule has 15 heteroatoms. The Morgan fingerprint density at radius 2 is 0.821 bits per heavy atom. The van der Waals surface area contributed by atoms with Crippen LogP contribution in [0.3, 0.4) is 0 Å². The van der Waals surface area contributed by atoms with Crippen molar-refractivity contribution in [1.29, 1.82) is 0 Å². The summed E-state index contributed by atoms with van der Waals surface area (Å²) in [7, 11) is 0. The molecule has 0 saturated carbocycles. The summed E-state index contributed by atoms with van der Waals surface area (Å²) in [5.41, 5.74) is 0. The van der Waals surface area contributed by atoms with Gasteiger partial charge < -0.3 is 64.2 Å². The van der Waals surface area contributed by atoms with Crippen LogP contribution in [0.15, 0.2) is 72.9 Å². The lowest BCUT2D eigenvalue weighted by Crippen LogP contribution is -2.61. The molecule has 0 aromatic heterocycles. The van der Waals surface area contributed by atoms with Crippen molar-refractivity contribution in [3.05, 3.63) is 72.9 Å². The quantitative estimate of drug-likeness (QED) is 0.0171. The van der Waals surface area contributed by atoms with Crippen LogP contribution in [0.25, 0.3) is 0 Å². The predicted molar refractivity (Wildman–Crippen MR) is 307 cm³/mol. The van der Waals surface area contributed by atoms with E-state index in [9.17, 15) is 45.3 Å². The minimum atomic E-state index is -1.78. The molecule has 0 radical (unpaired) electrons. The molecule has 7 N–H and O–H groups in total. The number of carbonyl (C=O) groups is 2. The van der Waals surface area contributed by atoms with Crippen LogP contribution in [-0.4, -0.2) is 142 Å². The first-order valence-electron chi connectivity index (χ1n) is 30.5. The molecule has 0 bridgehead atoms. The molecule has 2 rings (SSSR count). The summed E-state index contributed by atoms with van der Waals surface area (Å²) in [5.74, 6) is -0.998. The zero-order valence-corrected chi connectivity index (χ0v) is 48.1. The van der Waals surface area contributed by atoms with E-state index in [-0.39, 0.29) is 19.4 Å². The standard InChI is InChI=1S/C63H108O15/c1-3-5-7-9-11-13-15-17-19-21-23-24-25-26-28-29-31-33-35-37-39-41-43-45-54(65)73-48-51(76-55(66)46-44-42-40-38-36-34-32-30-27-22-20-18-16-14-12-10-8-6-4-2)49-74-62-61(72)59(70)57(68)53(78-62)50-75-63-60(71)58(69)56(67)52(47-64)77-63/h6,8,12,14,18,20,27,30,34,36-37,39,51-53,56-64,67-72H,3-5,7,9-11,13,15-17,19,21-26,28-29,31-33,35,38,40-50H2,1-2H3/b8-6+,14-12+,20-18+,30-27+,36-34+,39-37+/t51-,52+,53+,56-,57-,58?,59?,60?,61?,62+,63+/m0/s1. The molecular formula is C63H108O15. The maximum absolute atomic E-state index is 13.1. The molecule has 450 valence electrons. The fourth-order valence-corrected chi connectivity index (χ4v) is 9.25. The Morgan fingerprint density at radius 3 is 1.32 bits per heavy atom. The van der Waals surface area contributed by atoms with Gasteiger partial charge in [0.15, 0.2) is 18.7 Å². The molecule has 0 amide bonds. The minimum absolute atomic E-state index is 0.118. The molecule has 0 aromatic rings. The summed E-state index contributed by atoms with van der Waals surface area (Å²) in [6.45, 7) is 2.44. The number of rotatable bonds is 48. The van der Waals surface area contributed by atoms with Crippen molar-refractivity contribution in [3.63, 3.8) is 0 Å². The second-order valence-electron chi connectivity index (χ2n) is 21.1. The van der Waals surface area contributed by atoms with Gasteiger partial charge in [0, 0.05) is 12.8 Å². The summed E-state index contributed by atoms with van der Waals surface area (Å²) in [6.07, 6.45) is 43.7. The maximum atomic E-state index is 13.1. The van der Waals surface area contributed by atoms with Crippen LogP contribution >= 0.6 is 0 Å². The molecular weight excluding hydrogens is 997 g/mol. The number of hydrogen-bond donors (Lipinski definition) is 7. The number of unbranched alkanes of at least 4 members (excludes halogenated alkanes) is 22. The van der Waals surface area contributed by atoms with Crippen LogP contribution in [-0.2, 0) is 38.0 Å². The van der Waals surface area contributed by atoms with Gasteiger partial charge in [0.2, 0.25) is 0 Å². The van der Waals surface area contributed by atoms with E-state index in [1.165, 1.54) is 109 Å². The van der Waals surface area contributed by atoms with E-state index in [1.54, 1.807) is 0 Å². The fourth-order valence-electron chi connectivity index (χ4n) is 9.25. The number of allylic oxidation sites excluding steroid dienone is 12. The van der Waals surface area contributed by atoms with Gasteiger partial charge in [-0.25, -0.2) is 0 Å². The Bertz CT molecular complexity index is 1630. The van der Waals surface area contributed by atoms with Crippen molar-refractivity contribution in [2.45, 2.75) is 287 Å². The van der Waals surface area contributed by atoms with Gasteiger partial charge in [-0.1, -0.05) is 202 Å². The van der Waals surface area contributed by atoms with Gasteiger partial charge in [-0.15, -0.1) is 0 Å². The van der Waals surface area contributed by atoms with Gasteiger partial charge in [0.25, 0.3) is 0 Å². The third kappa shape index (κ3) is 34.9. The monoisotopic (exact) mass is 1100 g/mol. The minimum Gasteiger partial charge on any atom is -0.462 e. The molecule has 78 heavy (non-hydrogen) atoms. The molecule has 0 aromatic carbocycles. The lowest BCUT2D eigenvalue weighted by Gasteiger charge is -2.42. The van der Waals surface area contributed by atoms with Crippen LogP contribution < -0.4 is 0 Å². The SMILES string of the molecule is CC/C=C/C/C=C/C/C=C/C/C=C/C/C=C/CCCCCC(=O)O[C@@H](COC(=O)CCC/C=C/CCCCCCCCCCCCCCCCCCCC)CO[C@@H]1O[C@H](CO[C@@H]2O[C@H](CO)[C@H](O)C(O)C2O)[C@H](O)C(O)C1O. The average Bonchev–Trinajstić information content (AvgIpc) is 3.43. The number of carbonyl (C=O) groups excluding carboxylic acids is 2. The highest BCUT2D eigenvalue weighted by atomic mass is 16.7. The Balaban J connectivity index is 1.75. The van der Waals surface area contributed by atoms with Crippen LogP contribution in [0, 0.1) is 0 Å². The van der Waals surface area contributed by atoms with E-state index in [0.29, 0.717) is 12.8 Å². The highest BCUT2D eigenvalue weighted by Crippen LogP contribution is 2.27. The third-order valence-electron chi connectivity index (χ3n) is 14.2. The Labute approximate surface area is 470 Å². The van der Waals surface area contributed by atoms with Gasteiger partial charge in [-0.2, -0.15) is 0 Å². The highest BCUT2D eigenvalue weighted by molar-refractivity contribution is 5.70. The second-order valence-corrected chi connectivity index (χ2v) is 21.1. The van der Waals surface area contributed by atoms with E-state index >= 15 is 0 Å². The fraction of sp³-hybridized carbons (Fsp3) is 0.778. The second kappa shape index (κ2) is 48.6. The van der Waals surface area contributed by atoms with Crippen LogP contribution in [0.2, 0.25) is 0 Å². The van der Waals surface area contributed by atoms with Gasteiger partial charge in [0.05, 0.1) is 19.8 Å². The normalized spacial score (nSPS) is 24.5. The first-order valence-corrected chi connectivity index (χ1v) is 30.5. The van der Waals surface area contributed by atoms with Crippen molar-refractivity contribution < 1.29 is 73.8 Å².